The van der Waals surface area contributed by atoms with Crippen LogP contribution >= 0.6 is 0 Å². The quantitative estimate of drug-likeness (QED) is 0.638. The third-order valence-electron chi connectivity index (χ3n) is 2.43. The number of fused-ring (bicyclic) bond motifs is 1. The Kier molecular flexibility index (Phi) is 2.47. The van der Waals surface area contributed by atoms with Gasteiger partial charge in [0.25, 0.3) is 0 Å². The van der Waals surface area contributed by atoms with Gasteiger partial charge in [-0.1, -0.05) is 0 Å². The lowest BCUT2D eigenvalue weighted by molar-refractivity contribution is -0.136. The van der Waals surface area contributed by atoms with E-state index < -0.39 is 11.9 Å². The first-order valence-electron chi connectivity index (χ1n) is 4.77. The molecular weight excluding hydrogens is 226 g/mol. The number of carboxylic acids is 2. The molecule has 0 spiro atoms. The molecular formula is C11H9NO5. The normalized spacial score (nSPS) is 10.6. The van der Waals surface area contributed by atoms with Crippen LogP contribution < -0.4 is 0 Å². The highest BCUT2D eigenvalue weighted by Crippen LogP contribution is 2.26. The van der Waals surface area contributed by atoms with Gasteiger partial charge in [0.1, 0.15) is 11.4 Å². The number of carbonyl (C=O) groups is 2. The number of carboxylic acid groups (broad SMARTS) is 2. The van der Waals surface area contributed by atoms with E-state index in [9.17, 15) is 14.7 Å². The fourth-order valence-electron chi connectivity index (χ4n) is 1.76. The highest BCUT2D eigenvalue weighted by Gasteiger charge is 2.19. The number of phenolic OH excluding ortho intramolecular Hbond substituents is 1. The number of hydrogen-bond donors (Lipinski definition) is 4. The Balaban J connectivity index is 2.71. The van der Waals surface area contributed by atoms with Crippen LogP contribution in [-0.4, -0.2) is 32.2 Å². The minimum absolute atomic E-state index is 0.0161. The lowest BCUT2D eigenvalue weighted by Gasteiger charge is -1.97. The van der Waals surface area contributed by atoms with Crippen molar-refractivity contribution in [2.75, 3.05) is 0 Å². The van der Waals surface area contributed by atoms with Gasteiger partial charge in [0, 0.05) is 17.0 Å². The van der Waals surface area contributed by atoms with Crippen LogP contribution in [0.25, 0.3) is 10.9 Å². The molecule has 1 heterocycles. The first-order chi connectivity index (χ1) is 7.99. The number of hydrogen-bond acceptors (Lipinski definition) is 3. The molecule has 2 rings (SSSR count). The van der Waals surface area contributed by atoms with Crippen LogP contribution in [0.15, 0.2) is 18.2 Å². The number of aromatic hydroxyl groups is 1. The van der Waals surface area contributed by atoms with Crippen LogP contribution in [0.4, 0.5) is 0 Å². The van der Waals surface area contributed by atoms with Gasteiger partial charge in [-0.15, -0.1) is 0 Å². The molecule has 88 valence electrons. The third kappa shape index (κ3) is 1.92. The summed E-state index contributed by atoms with van der Waals surface area (Å²) in [6.45, 7) is 0. The molecule has 2 aromatic rings. The zero-order valence-electron chi connectivity index (χ0n) is 8.60. The van der Waals surface area contributed by atoms with Crippen molar-refractivity contribution in [3.63, 3.8) is 0 Å². The van der Waals surface area contributed by atoms with E-state index >= 15 is 0 Å². The van der Waals surface area contributed by atoms with Crippen molar-refractivity contribution < 1.29 is 24.9 Å². The molecule has 0 fully saturated rings. The maximum absolute atomic E-state index is 11.0. The van der Waals surface area contributed by atoms with Crippen molar-refractivity contribution in [2.45, 2.75) is 6.42 Å². The predicted molar refractivity (Wildman–Crippen MR) is 58.3 cm³/mol. The molecule has 6 heteroatoms. The molecule has 0 saturated heterocycles. The Morgan fingerprint density at radius 2 is 1.94 bits per heavy atom. The Hall–Kier alpha value is -2.50. The average molecular weight is 235 g/mol. The molecule has 0 saturated carbocycles. The first-order valence-corrected chi connectivity index (χ1v) is 4.77. The van der Waals surface area contributed by atoms with Gasteiger partial charge in [-0.2, -0.15) is 0 Å². The summed E-state index contributed by atoms with van der Waals surface area (Å²) in [5, 5.41) is 27.5. The molecule has 1 aromatic carbocycles. The summed E-state index contributed by atoms with van der Waals surface area (Å²) in [5.41, 5.74) is 0.451. The molecule has 4 N–H and O–H groups in total. The van der Waals surface area contributed by atoms with Crippen LogP contribution in [0.2, 0.25) is 0 Å². The predicted octanol–water partition coefficient (Wildman–Crippen LogP) is 1.20. The van der Waals surface area contributed by atoms with Crippen molar-refractivity contribution >= 4 is 22.8 Å². The number of aromatic nitrogens is 1. The van der Waals surface area contributed by atoms with Gasteiger partial charge in [0.2, 0.25) is 0 Å². The lowest BCUT2D eigenvalue weighted by Crippen LogP contribution is -2.06. The minimum atomic E-state index is -1.23. The van der Waals surface area contributed by atoms with Crippen LogP contribution in [-0.2, 0) is 11.2 Å². The summed E-state index contributed by atoms with van der Waals surface area (Å²) >= 11 is 0. The van der Waals surface area contributed by atoms with Gasteiger partial charge in [-0.3, -0.25) is 4.79 Å². The molecule has 6 nitrogen and oxygen atoms in total. The Morgan fingerprint density at radius 3 is 2.53 bits per heavy atom. The summed E-state index contributed by atoms with van der Waals surface area (Å²) in [6.07, 6.45) is -0.383. The lowest BCUT2D eigenvalue weighted by atomic mass is 10.1. The van der Waals surface area contributed by atoms with Crippen LogP contribution in [0.3, 0.4) is 0 Å². The zero-order chi connectivity index (χ0) is 12.6. The number of benzene rings is 1. The van der Waals surface area contributed by atoms with Crippen molar-refractivity contribution in [3.8, 4) is 5.75 Å². The topological polar surface area (TPSA) is 111 Å². The van der Waals surface area contributed by atoms with Gasteiger partial charge < -0.3 is 20.3 Å². The van der Waals surface area contributed by atoms with E-state index in [1.54, 1.807) is 0 Å². The van der Waals surface area contributed by atoms with Gasteiger partial charge in [-0.25, -0.2) is 4.79 Å². The number of aliphatic carboxylic acids is 1. The van der Waals surface area contributed by atoms with Crippen molar-refractivity contribution in [2.24, 2.45) is 0 Å². The van der Waals surface area contributed by atoms with E-state index in [0.717, 1.165) is 0 Å². The summed E-state index contributed by atoms with van der Waals surface area (Å²) in [5.74, 6) is -2.35. The summed E-state index contributed by atoms with van der Waals surface area (Å²) in [4.78, 5) is 24.3. The second kappa shape index (κ2) is 3.82. The van der Waals surface area contributed by atoms with Crippen molar-refractivity contribution in [3.05, 3.63) is 29.5 Å². The van der Waals surface area contributed by atoms with E-state index in [0.29, 0.717) is 10.9 Å². The molecule has 0 aliphatic heterocycles. The molecule has 0 unspecified atom stereocenters. The van der Waals surface area contributed by atoms with Crippen LogP contribution in [0, 0.1) is 0 Å². The number of aromatic amines is 1. The first kappa shape index (κ1) is 11.0. The smallest absolute Gasteiger partial charge is 0.352 e. The van der Waals surface area contributed by atoms with E-state index in [1.165, 1.54) is 18.2 Å². The zero-order valence-corrected chi connectivity index (χ0v) is 8.60. The molecule has 0 bridgehead atoms. The summed E-state index contributed by atoms with van der Waals surface area (Å²) in [7, 11) is 0. The highest BCUT2D eigenvalue weighted by molar-refractivity contribution is 5.99. The number of rotatable bonds is 3. The molecule has 0 atom stereocenters. The third-order valence-corrected chi connectivity index (χ3v) is 2.43. The fourth-order valence-corrected chi connectivity index (χ4v) is 1.76. The van der Waals surface area contributed by atoms with E-state index in [1.807, 2.05) is 0 Å². The number of H-pyrrole nitrogens is 1. The van der Waals surface area contributed by atoms with E-state index in [2.05, 4.69) is 4.98 Å². The Bertz CT molecular complexity index is 614. The second-order valence-corrected chi connectivity index (χ2v) is 3.58. The summed E-state index contributed by atoms with van der Waals surface area (Å²) < 4.78 is 0. The number of nitrogens with one attached hydrogen (secondary N) is 1. The van der Waals surface area contributed by atoms with Crippen LogP contribution in [0.1, 0.15) is 16.1 Å². The average Bonchev–Trinajstić information content (AvgIpc) is 2.55. The standard InChI is InChI=1S/C11H9NO5/c13-5-1-2-6-7(4-9(14)15)10(11(16)17)12-8(6)3-5/h1-3,12-13H,4H2,(H,14,15)(H,16,17). The Morgan fingerprint density at radius 1 is 1.24 bits per heavy atom. The van der Waals surface area contributed by atoms with Crippen LogP contribution in [0.5, 0.6) is 5.75 Å². The monoisotopic (exact) mass is 235 g/mol. The molecule has 1 aromatic heterocycles. The highest BCUT2D eigenvalue weighted by atomic mass is 16.4. The van der Waals surface area contributed by atoms with Gasteiger partial charge in [0.15, 0.2) is 0 Å². The van der Waals surface area contributed by atoms with Gasteiger partial charge >= 0.3 is 11.9 Å². The SMILES string of the molecule is O=C(O)Cc1c(C(=O)O)[nH]c2cc(O)ccc12. The second-order valence-electron chi connectivity index (χ2n) is 3.58. The molecule has 0 radical (unpaired) electrons. The van der Waals surface area contributed by atoms with E-state index in [4.69, 9.17) is 10.2 Å². The van der Waals surface area contributed by atoms with E-state index in [-0.39, 0.29) is 23.4 Å². The maximum atomic E-state index is 11.0. The molecule has 0 aliphatic carbocycles. The molecule has 17 heavy (non-hydrogen) atoms. The fraction of sp³-hybridized carbons (Fsp3) is 0.0909. The number of aromatic carboxylic acids is 1. The Labute approximate surface area is 95.1 Å². The summed E-state index contributed by atoms with van der Waals surface area (Å²) in [6, 6.07) is 4.23. The van der Waals surface area contributed by atoms with Gasteiger partial charge in [-0.05, 0) is 12.1 Å². The molecule has 0 amide bonds. The largest absolute Gasteiger partial charge is 0.508 e. The molecule has 0 aliphatic rings. The van der Waals surface area contributed by atoms with Crippen molar-refractivity contribution in [1.82, 2.24) is 4.98 Å². The number of phenols is 1. The van der Waals surface area contributed by atoms with Gasteiger partial charge in [0.05, 0.1) is 11.9 Å². The maximum Gasteiger partial charge on any atom is 0.352 e. The van der Waals surface area contributed by atoms with Crippen molar-refractivity contribution in [1.29, 1.82) is 0 Å². The minimum Gasteiger partial charge on any atom is -0.508 e.